The Bertz CT molecular complexity index is 2410. The van der Waals surface area contributed by atoms with Gasteiger partial charge >= 0.3 is 5.97 Å². The van der Waals surface area contributed by atoms with Gasteiger partial charge < -0.3 is 85.6 Å². The number of imidazole rings is 1. The minimum Gasteiger partial charge on any atom is -0.481 e. The quantitative estimate of drug-likeness (QED) is 0.0378. The van der Waals surface area contributed by atoms with Crippen LogP contribution < -0.4 is 70.4 Å². The van der Waals surface area contributed by atoms with Gasteiger partial charge in [0, 0.05) is 44.2 Å². The van der Waals surface area contributed by atoms with Crippen molar-refractivity contribution in [1.29, 1.82) is 0 Å². The van der Waals surface area contributed by atoms with Crippen molar-refractivity contribution < 1.29 is 67.7 Å². The summed E-state index contributed by atoms with van der Waals surface area (Å²) in [6.45, 7) is 10.00. The molecule has 0 unspecified atom stereocenters. The van der Waals surface area contributed by atoms with Gasteiger partial charge in [0.15, 0.2) is 5.96 Å². The molecule has 1 aliphatic heterocycles. The summed E-state index contributed by atoms with van der Waals surface area (Å²) >= 11 is 1.32. The fraction of sp³-hybridized carbons (Fsp3) is 0.704. The van der Waals surface area contributed by atoms with E-state index in [2.05, 4.69) is 68.1 Å². The van der Waals surface area contributed by atoms with Gasteiger partial charge in [0.25, 0.3) is 0 Å². The molecular formula is C54H92N16O14S. The molecule has 31 heteroatoms. The normalized spacial score (nSPS) is 24.8. The summed E-state index contributed by atoms with van der Waals surface area (Å²) in [7, 11) is 0. The average Bonchev–Trinajstić information content (AvgIpc) is 3.94. The number of primary amides is 1. The Kier molecular flexibility index (Phi) is 33.8. The van der Waals surface area contributed by atoms with Gasteiger partial charge in [0.1, 0.15) is 54.4 Å². The van der Waals surface area contributed by atoms with Gasteiger partial charge in [-0.2, -0.15) is 11.8 Å². The molecular weight excluding hydrogens is 1130 g/mol. The van der Waals surface area contributed by atoms with Crippen molar-refractivity contribution >= 4 is 88.7 Å². The molecule has 11 amide bonds. The smallest absolute Gasteiger partial charge is 0.303 e. The zero-order valence-electron chi connectivity index (χ0n) is 49.8. The molecule has 1 aromatic heterocycles. The minimum absolute atomic E-state index is 0.000523. The van der Waals surface area contributed by atoms with Gasteiger partial charge in [-0.05, 0) is 89.1 Å². The van der Waals surface area contributed by atoms with Crippen LogP contribution in [0.15, 0.2) is 17.5 Å². The molecule has 0 radical (unpaired) electrons. The minimum atomic E-state index is -1.62. The van der Waals surface area contributed by atoms with Crippen molar-refractivity contribution in [2.75, 3.05) is 25.1 Å². The zero-order valence-corrected chi connectivity index (χ0v) is 50.7. The van der Waals surface area contributed by atoms with Crippen LogP contribution in [0.4, 0.5) is 0 Å². The van der Waals surface area contributed by atoms with Gasteiger partial charge in [-0.25, -0.2) is 4.98 Å². The number of hydrogen-bond acceptors (Lipinski definition) is 16. The second-order valence-electron chi connectivity index (χ2n) is 22.0. The van der Waals surface area contributed by atoms with Crippen LogP contribution in [0, 0.1) is 11.8 Å². The maximum Gasteiger partial charge on any atom is 0.303 e. The Morgan fingerprint density at radius 2 is 1.12 bits per heavy atom. The van der Waals surface area contributed by atoms with Crippen molar-refractivity contribution in [3.8, 4) is 0 Å². The summed E-state index contributed by atoms with van der Waals surface area (Å²) in [5, 5.41) is 46.1. The second kappa shape index (κ2) is 39.1. The number of H-pyrrole nitrogens is 1. The fourth-order valence-corrected chi connectivity index (χ4v) is 9.33. The molecule has 1 aromatic rings. The molecule has 1 saturated heterocycles. The van der Waals surface area contributed by atoms with Crippen molar-refractivity contribution in [1.82, 2.24) is 63.1 Å². The number of aliphatic hydroxyl groups excluding tert-OH is 1. The molecule has 19 N–H and O–H groups in total. The van der Waals surface area contributed by atoms with Crippen LogP contribution in [-0.4, -0.2) is 183 Å². The van der Waals surface area contributed by atoms with E-state index in [-0.39, 0.29) is 75.8 Å². The Balaban J connectivity index is 2.65. The standard InChI is InChI=1S/C54H92N16O14S/c1-29(2)23-37-46(77)59-20-13-11-9-8-10-12-16-42(73)70-44(32(6)71)53(84)65-35(17-18-43(74)75)49(80)63-34(15-14-21-60-54(56)57)48(79)64-36(19-22-85-7)47(78)62-31(5)45(76)66-38(24-30(3)4)50(81)68-39(25-33-27-58-28-61-33)51(82)69-40(26-41(55)72)52(83)67-37/h27-32,34-40,44,71H,8-26H2,1-7H3,(H2,55,72)(H,58,61)(H,59,77)(H,62,78)(H,63,80)(H,64,79)(H,65,84)(H,66,76)(H,67,83)(H,68,81)(H,69,82)(H,70,73)(H,74,75)(H4,56,57,60)/t31-,32+,34-,35-,36-,37-,38-,39-,40-,44-/m0/s1. The molecule has 0 aliphatic carbocycles. The van der Waals surface area contributed by atoms with Crippen molar-refractivity contribution in [2.45, 2.75) is 205 Å². The predicted octanol–water partition coefficient (Wildman–Crippen LogP) is -2.78. The van der Waals surface area contributed by atoms with Crippen LogP contribution >= 0.6 is 11.8 Å². The number of nitrogens with zero attached hydrogens (tertiary/aromatic N) is 2. The highest BCUT2D eigenvalue weighted by Gasteiger charge is 2.36. The van der Waals surface area contributed by atoms with Crippen LogP contribution in [-0.2, 0) is 64.0 Å². The maximum atomic E-state index is 14.3. The Morgan fingerprint density at radius 1 is 0.624 bits per heavy atom. The number of thioether (sulfide) groups is 1. The number of carboxylic acid groups (broad SMARTS) is 1. The number of carboxylic acids is 1. The third kappa shape index (κ3) is 29.7. The Hall–Kier alpha value is -7.57. The molecule has 2 heterocycles. The first-order valence-corrected chi connectivity index (χ1v) is 30.2. The molecule has 0 bridgehead atoms. The van der Waals surface area contributed by atoms with Gasteiger partial charge in [-0.1, -0.05) is 53.4 Å². The van der Waals surface area contributed by atoms with E-state index in [1.807, 2.05) is 13.8 Å². The van der Waals surface area contributed by atoms with Crippen LogP contribution in [0.1, 0.15) is 144 Å². The molecule has 10 atom stereocenters. The maximum absolute atomic E-state index is 14.3. The second-order valence-corrected chi connectivity index (χ2v) is 23.0. The Morgan fingerprint density at radius 3 is 1.68 bits per heavy atom. The number of aromatic nitrogens is 2. The number of carbonyl (C=O) groups is 12. The highest BCUT2D eigenvalue weighted by atomic mass is 32.2. The number of aliphatic hydroxyl groups is 1. The lowest BCUT2D eigenvalue weighted by Gasteiger charge is -2.28. The van der Waals surface area contributed by atoms with E-state index in [4.69, 9.17) is 17.2 Å². The van der Waals surface area contributed by atoms with Crippen molar-refractivity contribution in [2.24, 2.45) is 34.0 Å². The van der Waals surface area contributed by atoms with E-state index in [9.17, 15) is 67.7 Å². The molecule has 0 saturated carbocycles. The molecule has 2 rings (SSSR count). The summed E-state index contributed by atoms with van der Waals surface area (Å²) < 4.78 is 0. The lowest BCUT2D eigenvalue weighted by molar-refractivity contribution is -0.139. The number of carbonyl (C=O) groups excluding carboxylic acids is 11. The number of rotatable bonds is 19. The zero-order chi connectivity index (χ0) is 63.8. The van der Waals surface area contributed by atoms with Gasteiger partial charge in [0.2, 0.25) is 65.0 Å². The third-order valence-corrected chi connectivity index (χ3v) is 14.0. The lowest BCUT2D eigenvalue weighted by atomic mass is 10.0. The van der Waals surface area contributed by atoms with Crippen molar-refractivity contribution in [3.05, 3.63) is 18.2 Å². The van der Waals surface area contributed by atoms with Gasteiger partial charge in [-0.3, -0.25) is 62.5 Å². The summed E-state index contributed by atoms with van der Waals surface area (Å²) in [5.74, 6) is -11.0. The molecule has 0 spiro atoms. The first kappa shape index (κ1) is 73.5. The summed E-state index contributed by atoms with van der Waals surface area (Å²) in [6, 6.07) is -12.9. The number of hydrogen-bond donors (Lipinski definition) is 16. The van der Waals surface area contributed by atoms with Crippen LogP contribution in [0.2, 0.25) is 0 Å². The Labute approximate surface area is 500 Å². The largest absolute Gasteiger partial charge is 0.481 e. The first-order valence-electron chi connectivity index (χ1n) is 28.8. The van der Waals surface area contributed by atoms with E-state index < -0.39 is 151 Å². The number of amides is 11. The number of aliphatic imine (C=N–C) groups is 1. The SMILES string of the molecule is CSCC[C@@H]1NC(=O)[C@H](CCCN=C(N)N)NC(=O)[C@H](CCC(=O)O)NC(=O)[C@H]([C@@H](C)O)NC(=O)CCCCCCCCNC(=O)[C@H](CC(C)C)NC(=O)[C@H](CC(N)=O)NC(=O)[C@H](Cc2cnc[nH]2)NC(=O)[C@H](CC(C)C)NC(=O)[C@H](C)NC1=O. The number of aromatic amines is 1. The highest BCUT2D eigenvalue weighted by molar-refractivity contribution is 7.98. The molecule has 30 nitrogen and oxygen atoms in total. The molecule has 1 fully saturated rings. The first-order chi connectivity index (χ1) is 40.1. The van der Waals surface area contributed by atoms with E-state index in [1.165, 1.54) is 38.1 Å². The summed E-state index contributed by atoms with van der Waals surface area (Å²) in [5.41, 5.74) is 16.9. The molecule has 478 valence electrons. The van der Waals surface area contributed by atoms with Crippen LogP contribution in [0.5, 0.6) is 0 Å². The van der Waals surface area contributed by atoms with Crippen LogP contribution in [0.25, 0.3) is 0 Å². The fourth-order valence-electron chi connectivity index (χ4n) is 8.86. The molecule has 0 aromatic carbocycles. The number of guanidine groups is 1. The van der Waals surface area contributed by atoms with Crippen molar-refractivity contribution in [3.63, 3.8) is 0 Å². The number of nitrogens with one attached hydrogen (secondary N) is 11. The summed E-state index contributed by atoms with van der Waals surface area (Å²) in [4.78, 5) is 174. The number of nitrogens with two attached hydrogens (primary N) is 3. The summed E-state index contributed by atoms with van der Waals surface area (Å²) in [6.07, 6.45) is 4.70. The van der Waals surface area contributed by atoms with Gasteiger partial charge in [0.05, 0.1) is 18.9 Å². The lowest BCUT2D eigenvalue weighted by Crippen LogP contribution is -2.61. The van der Waals surface area contributed by atoms with Gasteiger partial charge in [-0.15, -0.1) is 0 Å². The topological polar surface area (TPSA) is 485 Å². The number of aliphatic carboxylic acids is 1. The van der Waals surface area contributed by atoms with E-state index in [0.29, 0.717) is 43.6 Å². The highest BCUT2D eigenvalue weighted by Crippen LogP contribution is 2.13. The molecule has 1 aliphatic rings. The van der Waals surface area contributed by atoms with E-state index in [1.54, 1.807) is 20.1 Å². The van der Waals surface area contributed by atoms with E-state index in [0.717, 1.165) is 6.42 Å². The average molecular weight is 1220 g/mol. The predicted molar refractivity (Wildman–Crippen MR) is 315 cm³/mol. The van der Waals surface area contributed by atoms with E-state index >= 15 is 0 Å². The third-order valence-electron chi connectivity index (χ3n) is 13.4. The monoisotopic (exact) mass is 1220 g/mol. The molecule has 85 heavy (non-hydrogen) atoms. The van der Waals surface area contributed by atoms with Crippen LogP contribution in [0.3, 0.4) is 0 Å².